The Morgan fingerprint density at radius 3 is 2.30 bits per heavy atom. The molecule has 2 N–H and O–H groups in total. The molecule has 4 saturated carbocycles. The van der Waals surface area contributed by atoms with Crippen molar-refractivity contribution in [3.8, 4) is 0 Å². The van der Waals surface area contributed by atoms with Crippen LogP contribution in [0.3, 0.4) is 0 Å². The first-order chi connectivity index (χ1) is 13.9. The molecule has 4 aliphatic carbocycles. The standard InChI is InChI=1S/C28H50O2/c1-19(2)28(6,30)14-7-8-20-10-12-23-22-11-9-21-18-25(3,29)16-17-27(21,5)24(22)13-15-26(20,23)4/h19-24,29-30H,7-18H2,1-6H3/t20-,21-,22-,23-,24-,25-,26+,27-,28?/m0/s1. The van der Waals surface area contributed by atoms with Crippen LogP contribution in [0.5, 0.6) is 0 Å². The number of aliphatic hydroxyl groups is 2. The zero-order valence-corrected chi connectivity index (χ0v) is 20.8. The van der Waals surface area contributed by atoms with E-state index in [1.165, 1.54) is 57.8 Å². The third kappa shape index (κ3) is 3.81. The monoisotopic (exact) mass is 418 g/mol. The van der Waals surface area contributed by atoms with E-state index < -0.39 is 11.2 Å². The highest BCUT2D eigenvalue weighted by Gasteiger charge is 2.60. The molecular weight excluding hydrogens is 368 g/mol. The molecule has 0 bridgehead atoms. The van der Waals surface area contributed by atoms with Crippen molar-refractivity contribution in [3.63, 3.8) is 0 Å². The molecule has 0 aromatic rings. The van der Waals surface area contributed by atoms with Crippen LogP contribution >= 0.6 is 0 Å². The van der Waals surface area contributed by atoms with Crippen LogP contribution in [0.1, 0.15) is 119 Å². The molecule has 4 fully saturated rings. The second-order valence-corrected chi connectivity index (χ2v) is 13.6. The highest BCUT2D eigenvalue weighted by atomic mass is 16.3. The number of hydrogen-bond acceptors (Lipinski definition) is 2. The van der Waals surface area contributed by atoms with Crippen molar-refractivity contribution >= 4 is 0 Å². The first kappa shape index (κ1) is 23.1. The molecule has 4 rings (SSSR count). The number of hydrogen-bond donors (Lipinski definition) is 2. The van der Waals surface area contributed by atoms with Gasteiger partial charge in [0.2, 0.25) is 0 Å². The molecule has 2 heteroatoms. The summed E-state index contributed by atoms with van der Waals surface area (Å²) in [7, 11) is 0. The fourth-order valence-electron chi connectivity index (χ4n) is 9.01. The summed E-state index contributed by atoms with van der Waals surface area (Å²) in [6.07, 6.45) is 15.2. The van der Waals surface area contributed by atoms with E-state index in [9.17, 15) is 10.2 Å². The van der Waals surface area contributed by atoms with Gasteiger partial charge in [0.1, 0.15) is 0 Å². The van der Waals surface area contributed by atoms with E-state index in [-0.39, 0.29) is 0 Å². The van der Waals surface area contributed by atoms with Gasteiger partial charge in [0.15, 0.2) is 0 Å². The smallest absolute Gasteiger partial charge is 0.0642 e. The van der Waals surface area contributed by atoms with Gasteiger partial charge >= 0.3 is 0 Å². The summed E-state index contributed by atoms with van der Waals surface area (Å²) in [4.78, 5) is 0. The summed E-state index contributed by atoms with van der Waals surface area (Å²) in [5.74, 6) is 4.69. The summed E-state index contributed by atoms with van der Waals surface area (Å²) in [6, 6.07) is 0. The molecule has 0 heterocycles. The average molecular weight is 419 g/mol. The fourth-order valence-corrected chi connectivity index (χ4v) is 9.01. The Morgan fingerprint density at radius 2 is 1.60 bits per heavy atom. The van der Waals surface area contributed by atoms with E-state index in [2.05, 4.69) is 34.6 Å². The van der Waals surface area contributed by atoms with Gasteiger partial charge in [-0.1, -0.05) is 34.1 Å². The Bertz CT molecular complexity index is 622. The topological polar surface area (TPSA) is 40.5 Å². The lowest BCUT2D eigenvalue weighted by atomic mass is 9.44. The van der Waals surface area contributed by atoms with Gasteiger partial charge in [0, 0.05) is 0 Å². The molecule has 30 heavy (non-hydrogen) atoms. The van der Waals surface area contributed by atoms with Crippen LogP contribution < -0.4 is 0 Å². The van der Waals surface area contributed by atoms with E-state index >= 15 is 0 Å². The SMILES string of the molecule is CC(C)C(C)(O)CCC[C@H]1CC[C@H]2[C@@H]3CC[C@H]4C[C@@](C)(O)CC[C@]4(C)[C@H]3CC[C@]12C. The van der Waals surface area contributed by atoms with Crippen LogP contribution in [-0.4, -0.2) is 21.4 Å². The minimum Gasteiger partial charge on any atom is -0.390 e. The van der Waals surface area contributed by atoms with Crippen LogP contribution in [0.25, 0.3) is 0 Å². The molecule has 0 saturated heterocycles. The molecule has 0 amide bonds. The van der Waals surface area contributed by atoms with Crippen molar-refractivity contribution in [2.75, 3.05) is 0 Å². The molecule has 0 radical (unpaired) electrons. The average Bonchev–Trinajstić information content (AvgIpc) is 2.98. The van der Waals surface area contributed by atoms with Crippen molar-refractivity contribution in [1.82, 2.24) is 0 Å². The van der Waals surface area contributed by atoms with Crippen LogP contribution in [0, 0.1) is 46.3 Å². The molecule has 9 atom stereocenters. The largest absolute Gasteiger partial charge is 0.390 e. The Morgan fingerprint density at radius 1 is 0.900 bits per heavy atom. The maximum absolute atomic E-state index is 10.7. The van der Waals surface area contributed by atoms with Gasteiger partial charge < -0.3 is 10.2 Å². The van der Waals surface area contributed by atoms with Crippen LogP contribution in [0.2, 0.25) is 0 Å². The zero-order valence-electron chi connectivity index (χ0n) is 20.8. The minimum atomic E-state index is -0.508. The molecule has 4 aliphatic rings. The highest BCUT2D eigenvalue weighted by Crippen LogP contribution is 2.68. The summed E-state index contributed by atoms with van der Waals surface area (Å²) in [5.41, 5.74) is 0.0797. The van der Waals surface area contributed by atoms with E-state index in [4.69, 9.17) is 0 Å². The lowest BCUT2D eigenvalue weighted by molar-refractivity contribution is -0.146. The van der Waals surface area contributed by atoms with Crippen molar-refractivity contribution in [3.05, 3.63) is 0 Å². The van der Waals surface area contributed by atoms with Gasteiger partial charge in [-0.25, -0.2) is 0 Å². The molecular formula is C28H50O2. The highest BCUT2D eigenvalue weighted by molar-refractivity contribution is 5.10. The predicted octanol–water partition coefficient (Wildman–Crippen LogP) is 6.97. The number of fused-ring (bicyclic) bond motifs is 5. The molecule has 174 valence electrons. The summed E-state index contributed by atoms with van der Waals surface area (Å²) in [5, 5.41) is 21.4. The first-order valence-electron chi connectivity index (χ1n) is 13.3. The summed E-state index contributed by atoms with van der Waals surface area (Å²) >= 11 is 0. The van der Waals surface area contributed by atoms with Crippen molar-refractivity contribution in [1.29, 1.82) is 0 Å². The second-order valence-electron chi connectivity index (χ2n) is 13.6. The van der Waals surface area contributed by atoms with Gasteiger partial charge in [0.25, 0.3) is 0 Å². The normalized spacial score (nSPS) is 50.5. The van der Waals surface area contributed by atoms with Crippen molar-refractivity contribution < 1.29 is 10.2 Å². The Hall–Kier alpha value is -0.0800. The summed E-state index contributed by atoms with van der Waals surface area (Å²) in [6.45, 7) is 13.7. The van der Waals surface area contributed by atoms with Gasteiger partial charge in [-0.3, -0.25) is 0 Å². The Balaban J connectivity index is 1.43. The summed E-state index contributed by atoms with van der Waals surface area (Å²) < 4.78 is 0. The van der Waals surface area contributed by atoms with Crippen molar-refractivity contribution in [2.24, 2.45) is 46.3 Å². The maximum Gasteiger partial charge on any atom is 0.0642 e. The van der Waals surface area contributed by atoms with Gasteiger partial charge in [0.05, 0.1) is 11.2 Å². The molecule has 1 unspecified atom stereocenters. The molecule has 0 aromatic heterocycles. The van der Waals surface area contributed by atoms with Gasteiger partial charge in [-0.2, -0.15) is 0 Å². The Kier molecular flexibility index (Phi) is 5.97. The first-order valence-corrected chi connectivity index (χ1v) is 13.3. The van der Waals surface area contributed by atoms with E-state index in [0.717, 1.165) is 48.9 Å². The molecule has 0 aromatic carbocycles. The van der Waals surface area contributed by atoms with E-state index in [1.54, 1.807) is 0 Å². The van der Waals surface area contributed by atoms with Crippen LogP contribution in [-0.2, 0) is 0 Å². The Labute approximate surface area is 186 Å². The van der Waals surface area contributed by atoms with Gasteiger partial charge in [-0.05, 0) is 131 Å². The maximum atomic E-state index is 10.7. The molecule has 0 spiro atoms. The number of rotatable bonds is 5. The third-order valence-corrected chi connectivity index (χ3v) is 11.6. The second kappa shape index (κ2) is 7.75. The van der Waals surface area contributed by atoms with Crippen molar-refractivity contribution in [2.45, 2.75) is 130 Å². The van der Waals surface area contributed by atoms with E-state index in [0.29, 0.717) is 16.7 Å². The lowest BCUT2D eigenvalue weighted by Crippen LogP contribution is -2.55. The quantitative estimate of drug-likeness (QED) is 0.506. The van der Waals surface area contributed by atoms with Crippen LogP contribution in [0.4, 0.5) is 0 Å². The third-order valence-electron chi connectivity index (χ3n) is 11.6. The fraction of sp³-hybridized carbons (Fsp3) is 1.00. The zero-order chi connectivity index (χ0) is 21.9. The van der Waals surface area contributed by atoms with E-state index in [1.807, 2.05) is 6.92 Å². The molecule has 0 aliphatic heterocycles. The minimum absolute atomic E-state index is 0.340. The molecule has 2 nitrogen and oxygen atoms in total. The lowest BCUT2D eigenvalue weighted by Gasteiger charge is -2.62. The van der Waals surface area contributed by atoms with Crippen LogP contribution in [0.15, 0.2) is 0 Å². The van der Waals surface area contributed by atoms with Gasteiger partial charge in [-0.15, -0.1) is 0 Å². The predicted molar refractivity (Wildman–Crippen MR) is 125 cm³/mol.